The van der Waals surface area contributed by atoms with Crippen LogP contribution in [0.3, 0.4) is 0 Å². The van der Waals surface area contributed by atoms with Gasteiger partial charge in [-0.2, -0.15) is 4.31 Å². The molecule has 31 heavy (non-hydrogen) atoms. The standard InChI is InChI=1S/C19H15Cl2N3O5S2/c20-12-4-5-15-16(10-12)30-18(17(15)21)19(25)22-6-8-23(9-7-22)31(28,29)14-3-1-2-13(11-14)24(26)27/h1-5,10-11H,6-9H2. The summed E-state index contributed by atoms with van der Waals surface area (Å²) in [7, 11) is -3.91. The molecule has 0 bridgehead atoms. The Morgan fingerprint density at radius 1 is 1.06 bits per heavy atom. The quantitative estimate of drug-likeness (QED) is 0.394. The number of sulfonamides is 1. The average molecular weight is 500 g/mol. The van der Waals surface area contributed by atoms with Crippen LogP contribution in [0.1, 0.15) is 9.67 Å². The molecule has 1 amide bonds. The van der Waals surface area contributed by atoms with Crippen molar-refractivity contribution in [3.05, 3.63) is 67.5 Å². The number of hydrogen-bond acceptors (Lipinski definition) is 6. The summed E-state index contributed by atoms with van der Waals surface area (Å²) in [4.78, 5) is 25.1. The molecule has 0 radical (unpaired) electrons. The van der Waals surface area contributed by atoms with Gasteiger partial charge in [0.2, 0.25) is 10.0 Å². The normalized spacial score (nSPS) is 15.4. The van der Waals surface area contributed by atoms with Gasteiger partial charge in [-0.05, 0) is 18.2 Å². The first-order valence-corrected chi connectivity index (χ1v) is 12.1. The van der Waals surface area contributed by atoms with Crippen molar-refractivity contribution in [2.45, 2.75) is 4.90 Å². The fraction of sp³-hybridized carbons (Fsp3) is 0.211. The van der Waals surface area contributed by atoms with Crippen LogP contribution in [0.15, 0.2) is 47.4 Å². The fourth-order valence-corrected chi connectivity index (χ4v) is 6.58. The molecule has 8 nitrogen and oxygen atoms in total. The Hall–Kier alpha value is -2.24. The Kier molecular flexibility index (Phi) is 5.93. The largest absolute Gasteiger partial charge is 0.335 e. The van der Waals surface area contributed by atoms with Crippen LogP contribution in [0.5, 0.6) is 0 Å². The van der Waals surface area contributed by atoms with E-state index in [4.69, 9.17) is 23.2 Å². The Bertz CT molecular complexity index is 1300. The van der Waals surface area contributed by atoms with Crippen molar-refractivity contribution in [2.75, 3.05) is 26.2 Å². The number of benzene rings is 2. The molecule has 3 aromatic rings. The maximum Gasteiger partial charge on any atom is 0.270 e. The van der Waals surface area contributed by atoms with Crippen LogP contribution in [0.25, 0.3) is 10.1 Å². The van der Waals surface area contributed by atoms with E-state index in [1.807, 2.05) is 0 Å². The van der Waals surface area contributed by atoms with Crippen molar-refractivity contribution in [1.29, 1.82) is 0 Å². The Labute approximate surface area is 191 Å². The zero-order valence-corrected chi connectivity index (χ0v) is 19.0. The molecule has 12 heteroatoms. The van der Waals surface area contributed by atoms with Gasteiger partial charge in [0.15, 0.2) is 0 Å². The summed E-state index contributed by atoms with van der Waals surface area (Å²) in [6.45, 7) is 0.507. The number of fused-ring (bicyclic) bond motifs is 1. The third kappa shape index (κ3) is 4.13. The number of carbonyl (C=O) groups excluding carboxylic acids is 1. The highest BCUT2D eigenvalue weighted by Gasteiger charge is 2.32. The van der Waals surface area contributed by atoms with Gasteiger partial charge in [0, 0.05) is 53.4 Å². The van der Waals surface area contributed by atoms with Crippen LogP contribution in [0.4, 0.5) is 5.69 Å². The van der Waals surface area contributed by atoms with E-state index in [1.54, 1.807) is 23.1 Å². The number of hydrogen-bond donors (Lipinski definition) is 0. The SMILES string of the molecule is O=C(c1sc2cc(Cl)ccc2c1Cl)N1CCN(S(=O)(=O)c2cccc([N+](=O)[O-])c2)CC1. The van der Waals surface area contributed by atoms with Crippen LogP contribution < -0.4 is 0 Å². The van der Waals surface area contributed by atoms with Crippen LogP contribution in [0.2, 0.25) is 10.0 Å². The molecular formula is C19H15Cl2N3O5S2. The molecule has 1 fully saturated rings. The molecule has 162 valence electrons. The minimum atomic E-state index is -3.91. The number of rotatable bonds is 4. The monoisotopic (exact) mass is 499 g/mol. The molecule has 4 rings (SSSR count). The molecule has 2 heterocycles. The van der Waals surface area contributed by atoms with E-state index >= 15 is 0 Å². The fourth-order valence-electron chi connectivity index (χ4n) is 3.36. The second kappa shape index (κ2) is 8.36. The van der Waals surface area contributed by atoms with Crippen molar-refractivity contribution in [2.24, 2.45) is 0 Å². The van der Waals surface area contributed by atoms with Crippen molar-refractivity contribution in [3.63, 3.8) is 0 Å². The van der Waals surface area contributed by atoms with Gasteiger partial charge in [-0.1, -0.05) is 35.3 Å². The highest BCUT2D eigenvalue weighted by atomic mass is 35.5. The number of nitro groups is 1. The molecule has 0 saturated carbocycles. The summed E-state index contributed by atoms with van der Waals surface area (Å²) >= 11 is 13.7. The molecular weight excluding hydrogens is 485 g/mol. The van der Waals surface area contributed by atoms with Gasteiger partial charge in [-0.25, -0.2) is 8.42 Å². The number of non-ortho nitro benzene ring substituents is 1. The van der Waals surface area contributed by atoms with E-state index in [0.29, 0.717) is 14.9 Å². The molecule has 1 aliphatic rings. The van der Waals surface area contributed by atoms with E-state index in [9.17, 15) is 23.3 Å². The number of piperazine rings is 1. The summed E-state index contributed by atoms with van der Waals surface area (Å²) in [5, 5.41) is 12.6. The average Bonchev–Trinajstić information content (AvgIpc) is 3.08. The van der Waals surface area contributed by atoms with E-state index in [0.717, 1.165) is 16.2 Å². The van der Waals surface area contributed by atoms with E-state index in [-0.39, 0.29) is 42.7 Å². The van der Waals surface area contributed by atoms with E-state index in [2.05, 4.69) is 0 Å². The number of carbonyl (C=O) groups is 1. The van der Waals surface area contributed by atoms with Gasteiger partial charge < -0.3 is 4.90 Å². The van der Waals surface area contributed by atoms with Crippen LogP contribution in [0, 0.1) is 10.1 Å². The number of nitro benzene ring substituents is 1. The van der Waals surface area contributed by atoms with Gasteiger partial charge in [0.1, 0.15) is 4.88 Å². The van der Waals surface area contributed by atoms with Crippen molar-refractivity contribution < 1.29 is 18.1 Å². The van der Waals surface area contributed by atoms with Gasteiger partial charge >= 0.3 is 0 Å². The summed E-state index contributed by atoms with van der Waals surface area (Å²) in [5.74, 6) is -0.269. The lowest BCUT2D eigenvalue weighted by atomic mass is 10.2. The molecule has 0 unspecified atom stereocenters. The molecule has 0 atom stereocenters. The lowest BCUT2D eigenvalue weighted by molar-refractivity contribution is -0.385. The molecule has 1 aliphatic heterocycles. The number of nitrogens with zero attached hydrogens (tertiary/aromatic N) is 3. The van der Waals surface area contributed by atoms with Crippen molar-refractivity contribution in [1.82, 2.24) is 9.21 Å². The Morgan fingerprint density at radius 2 is 1.77 bits per heavy atom. The maximum absolute atomic E-state index is 13.0. The summed E-state index contributed by atoms with van der Waals surface area (Å²) in [6.07, 6.45) is 0. The third-order valence-electron chi connectivity index (χ3n) is 4.98. The first kappa shape index (κ1) is 22.0. The predicted octanol–water partition coefficient (Wildman–Crippen LogP) is 4.26. The third-order valence-corrected chi connectivity index (χ3v) is 8.75. The Balaban J connectivity index is 1.51. The molecule has 0 N–H and O–H groups in total. The van der Waals surface area contributed by atoms with Crippen LogP contribution in [-0.4, -0.2) is 54.6 Å². The smallest absolute Gasteiger partial charge is 0.270 e. The molecule has 2 aromatic carbocycles. The number of amides is 1. The molecule has 1 saturated heterocycles. The summed E-state index contributed by atoms with van der Waals surface area (Å²) in [5.41, 5.74) is -0.297. The van der Waals surface area contributed by atoms with Gasteiger partial charge in [-0.15, -0.1) is 11.3 Å². The zero-order valence-electron chi connectivity index (χ0n) is 15.8. The lowest BCUT2D eigenvalue weighted by Gasteiger charge is -2.33. The first-order chi connectivity index (χ1) is 14.7. The second-order valence-electron chi connectivity index (χ2n) is 6.84. The summed E-state index contributed by atoms with van der Waals surface area (Å²) in [6, 6.07) is 10.1. The van der Waals surface area contributed by atoms with Crippen molar-refractivity contribution in [3.8, 4) is 0 Å². The number of thiophene rings is 1. The first-order valence-electron chi connectivity index (χ1n) is 9.10. The maximum atomic E-state index is 13.0. The van der Waals surface area contributed by atoms with Gasteiger partial charge in [-0.3, -0.25) is 14.9 Å². The highest BCUT2D eigenvalue weighted by Crippen LogP contribution is 2.37. The molecule has 1 aromatic heterocycles. The second-order valence-corrected chi connectivity index (χ2v) is 10.6. The summed E-state index contributed by atoms with van der Waals surface area (Å²) < 4.78 is 27.8. The highest BCUT2D eigenvalue weighted by molar-refractivity contribution is 7.89. The predicted molar refractivity (Wildman–Crippen MR) is 120 cm³/mol. The van der Waals surface area contributed by atoms with Crippen molar-refractivity contribution >= 4 is 66.2 Å². The molecule has 0 spiro atoms. The van der Waals surface area contributed by atoms with Gasteiger partial charge in [0.25, 0.3) is 11.6 Å². The number of halogens is 2. The topological polar surface area (TPSA) is 101 Å². The van der Waals surface area contributed by atoms with E-state index in [1.165, 1.54) is 33.8 Å². The lowest BCUT2D eigenvalue weighted by Crippen LogP contribution is -2.50. The minimum absolute atomic E-state index is 0.0745. The van der Waals surface area contributed by atoms with E-state index < -0.39 is 14.9 Å². The molecule has 0 aliphatic carbocycles. The van der Waals surface area contributed by atoms with Crippen LogP contribution >= 0.6 is 34.5 Å². The van der Waals surface area contributed by atoms with Crippen LogP contribution in [-0.2, 0) is 10.0 Å². The van der Waals surface area contributed by atoms with Gasteiger partial charge in [0.05, 0.1) is 14.8 Å². The zero-order chi connectivity index (χ0) is 22.3. The minimum Gasteiger partial charge on any atom is -0.335 e. The Morgan fingerprint density at radius 3 is 2.45 bits per heavy atom.